The largest absolute Gasteiger partial charge is 0.493 e. The molecule has 0 aliphatic carbocycles. The number of halogens is 1. The van der Waals surface area contributed by atoms with Crippen LogP contribution in [0.3, 0.4) is 0 Å². The van der Waals surface area contributed by atoms with Gasteiger partial charge in [-0.1, -0.05) is 22.0 Å². The van der Waals surface area contributed by atoms with Crippen LogP contribution in [0.4, 0.5) is 0 Å². The van der Waals surface area contributed by atoms with Crippen LogP contribution in [-0.4, -0.2) is 37.2 Å². The zero-order valence-electron chi connectivity index (χ0n) is 10.1. The summed E-state index contributed by atoms with van der Waals surface area (Å²) in [6.45, 7) is 0.578. The minimum absolute atomic E-state index is 0.379. The number of methoxy groups -OCH3 is 1. The summed E-state index contributed by atoms with van der Waals surface area (Å²) in [5.41, 5.74) is 5.60. The van der Waals surface area contributed by atoms with Gasteiger partial charge in [0, 0.05) is 16.0 Å². The smallest absolute Gasteiger partial charge is 0.323 e. The highest BCUT2D eigenvalue weighted by atomic mass is 79.9. The van der Waals surface area contributed by atoms with Gasteiger partial charge in [0.05, 0.1) is 13.7 Å². The molecule has 0 aromatic heterocycles. The molecule has 0 heterocycles. The molecular formula is C12H16BrNO3S. The quantitative estimate of drug-likeness (QED) is 0.611. The molecule has 1 atom stereocenters. The highest BCUT2D eigenvalue weighted by Gasteiger charge is 2.12. The second-order valence-corrected chi connectivity index (χ2v) is 5.58. The zero-order chi connectivity index (χ0) is 13.4. The Morgan fingerprint density at radius 2 is 2.33 bits per heavy atom. The number of benzene rings is 1. The molecule has 0 aliphatic heterocycles. The van der Waals surface area contributed by atoms with Gasteiger partial charge in [-0.05, 0) is 18.2 Å². The number of nitrogens with two attached hydrogens (primary N) is 1. The van der Waals surface area contributed by atoms with Crippen molar-refractivity contribution >= 4 is 33.7 Å². The lowest BCUT2D eigenvalue weighted by Gasteiger charge is -2.09. The van der Waals surface area contributed by atoms with Crippen molar-refractivity contribution in [1.82, 2.24) is 0 Å². The molecule has 6 heteroatoms. The van der Waals surface area contributed by atoms with Gasteiger partial charge in [-0.25, -0.2) is 0 Å². The fourth-order valence-corrected chi connectivity index (χ4v) is 2.34. The van der Waals surface area contributed by atoms with Gasteiger partial charge in [0.15, 0.2) is 0 Å². The number of rotatable bonds is 7. The van der Waals surface area contributed by atoms with E-state index < -0.39 is 6.04 Å². The number of esters is 1. The highest BCUT2D eigenvalue weighted by molar-refractivity contribution is 9.10. The third-order valence-electron chi connectivity index (χ3n) is 2.09. The Balaban J connectivity index is 2.14. The first kappa shape index (κ1) is 15.3. The van der Waals surface area contributed by atoms with Crippen molar-refractivity contribution in [2.24, 2.45) is 5.73 Å². The van der Waals surface area contributed by atoms with Crippen molar-refractivity contribution in [3.8, 4) is 5.75 Å². The van der Waals surface area contributed by atoms with Crippen LogP contribution >= 0.6 is 27.7 Å². The second kappa shape index (κ2) is 8.39. The minimum Gasteiger partial charge on any atom is -0.493 e. The summed E-state index contributed by atoms with van der Waals surface area (Å²) in [6, 6.07) is 7.10. The lowest BCUT2D eigenvalue weighted by molar-refractivity contribution is -0.141. The van der Waals surface area contributed by atoms with Gasteiger partial charge >= 0.3 is 5.97 Å². The summed E-state index contributed by atoms with van der Waals surface area (Å²) in [4.78, 5) is 11.0. The van der Waals surface area contributed by atoms with Crippen LogP contribution in [0.1, 0.15) is 0 Å². The van der Waals surface area contributed by atoms with E-state index in [1.807, 2.05) is 24.3 Å². The average Bonchev–Trinajstić information content (AvgIpc) is 2.37. The third-order valence-corrected chi connectivity index (χ3v) is 3.64. The molecule has 0 bridgehead atoms. The molecule has 100 valence electrons. The Hall–Kier alpha value is -0.720. The number of ether oxygens (including phenoxy) is 2. The molecule has 4 nitrogen and oxygen atoms in total. The molecular weight excluding hydrogens is 318 g/mol. The molecule has 0 saturated carbocycles. The minimum atomic E-state index is -0.564. The number of carbonyl (C=O) groups is 1. The van der Waals surface area contributed by atoms with Crippen molar-refractivity contribution < 1.29 is 14.3 Å². The Labute approximate surface area is 119 Å². The molecule has 1 rings (SSSR count). The average molecular weight is 334 g/mol. The van der Waals surface area contributed by atoms with Gasteiger partial charge in [0.1, 0.15) is 11.8 Å². The van der Waals surface area contributed by atoms with E-state index in [9.17, 15) is 4.79 Å². The standard InChI is InChI=1S/C12H16BrNO3S/c1-16-12(15)11(14)8-18-6-5-17-10-4-2-3-9(13)7-10/h2-4,7,11H,5-6,8,14H2,1H3. The fourth-order valence-electron chi connectivity index (χ4n) is 1.20. The summed E-state index contributed by atoms with van der Waals surface area (Å²) < 4.78 is 11.1. The van der Waals surface area contributed by atoms with Gasteiger partial charge in [-0.15, -0.1) is 0 Å². The van der Waals surface area contributed by atoms with Gasteiger partial charge in [0.2, 0.25) is 0 Å². The third kappa shape index (κ3) is 5.75. The molecule has 18 heavy (non-hydrogen) atoms. The van der Waals surface area contributed by atoms with Crippen LogP contribution in [0.15, 0.2) is 28.7 Å². The van der Waals surface area contributed by atoms with E-state index >= 15 is 0 Å². The summed E-state index contributed by atoms with van der Waals surface area (Å²) in [5, 5.41) is 0. The zero-order valence-corrected chi connectivity index (χ0v) is 12.5. The van der Waals surface area contributed by atoms with E-state index in [4.69, 9.17) is 10.5 Å². The Morgan fingerprint density at radius 3 is 3.00 bits per heavy atom. The topological polar surface area (TPSA) is 61.5 Å². The van der Waals surface area contributed by atoms with E-state index in [0.717, 1.165) is 16.0 Å². The first-order valence-electron chi connectivity index (χ1n) is 5.43. The van der Waals surface area contributed by atoms with Crippen LogP contribution in [0.25, 0.3) is 0 Å². The lowest BCUT2D eigenvalue weighted by Crippen LogP contribution is -2.34. The summed E-state index contributed by atoms with van der Waals surface area (Å²) in [7, 11) is 1.34. The van der Waals surface area contributed by atoms with E-state index in [-0.39, 0.29) is 5.97 Å². The SMILES string of the molecule is COC(=O)C(N)CSCCOc1cccc(Br)c1. The van der Waals surface area contributed by atoms with Gasteiger partial charge in [-0.3, -0.25) is 4.79 Å². The van der Waals surface area contributed by atoms with Crippen molar-refractivity contribution in [2.75, 3.05) is 25.2 Å². The van der Waals surface area contributed by atoms with Crippen LogP contribution in [-0.2, 0) is 9.53 Å². The molecule has 0 radical (unpaired) electrons. The summed E-state index contributed by atoms with van der Waals surface area (Å²) in [6.07, 6.45) is 0. The number of carbonyl (C=O) groups excluding carboxylic acids is 1. The molecule has 0 spiro atoms. The van der Waals surface area contributed by atoms with E-state index in [1.165, 1.54) is 7.11 Å². The predicted molar refractivity (Wildman–Crippen MR) is 77.0 cm³/mol. The summed E-state index contributed by atoms with van der Waals surface area (Å²) >= 11 is 4.94. The predicted octanol–water partition coefficient (Wildman–Crippen LogP) is 2.06. The van der Waals surface area contributed by atoms with Crippen LogP contribution in [0.5, 0.6) is 5.75 Å². The van der Waals surface area contributed by atoms with Crippen molar-refractivity contribution in [2.45, 2.75) is 6.04 Å². The molecule has 1 aromatic rings. The second-order valence-electron chi connectivity index (χ2n) is 3.51. The molecule has 0 amide bonds. The maximum atomic E-state index is 11.0. The monoisotopic (exact) mass is 333 g/mol. The lowest BCUT2D eigenvalue weighted by atomic mass is 10.3. The Kier molecular flexibility index (Phi) is 7.15. The van der Waals surface area contributed by atoms with Crippen LogP contribution in [0, 0.1) is 0 Å². The van der Waals surface area contributed by atoms with Crippen molar-refractivity contribution in [1.29, 1.82) is 0 Å². The first-order chi connectivity index (χ1) is 8.63. The molecule has 0 fully saturated rings. The van der Waals surface area contributed by atoms with E-state index in [2.05, 4.69) is 20.7 Å². The van der Waals surface area contributed by atoms with E-state index in [0.29, 0.717) is 12.4 Å². The Morgan fingerprint density at radius 1 is 1.56 bits per heavy atom. The van der Waals surface area contributed by atoms with Crippen molar-refractivity contribution in [3.63, 3.8) is 0 Å². The molecule has 1 aromatic carbocycles. The maximum Gasteiger partial charge on any atom is 0.323 e. The highest BCUT2D eigenvalue weighted by Crippen LogP contribution is 2.17. The molecule has 2 N–H and O–H groups in total. The maximum absolute atomic E-state index is 11.0. The van der Waals surface area contributed by atoms with E-state index in [1.54, 1.807) is 11.8 Å². The molecule has 0 aliphatic rings. The normalized spacial score (nSPS) is 11.9. The fraction of sp³-hybridized carbons (Fsp3) is 0.417. The first-order valence-corrected chi connectivity index (χ1v) is 7.37. The van der Waals surface area contributed by atoms with Crippen LogP contribution < -0.4 is 10.5 Å². The summed E-state index contributed by atoms with van der Waals surface area (Å²) in [5.74, 6) is 1.75. The molecule has 0 saturated heterocycles. The van der Waals surface area contributed by atoms with Gasteiger partial charge in [0.25, 0.3) is 0 Å². The Bertz CT molecular complexity index is 389. The van der Waals surface area contributed by atoms with Crippen molar-refractivity contribution in [3.05, 3.63) is 28.7 Å². The number of hydrogen-bond acceptors (Lipinski definition) is 5. The molecule has 1 unspecified atom stereocenters. The number of thioether (sulfide) groups is 1. The van der Waals surface area contributed by atoms with Gasteiger partial charge < -0.3 is 15.2 Å². The number of hydrogen-bond donors (Lipinski definition) is 1. The van der Waals surface area contributed by atoms with Gasteiger partial charge in [-0.2, -0.15) is 11.8 Å². The van der Waals surface area contributed by atoms with Crippen LogP contribution in [0.2, 0.25) is 0 Å².